The largest absolute Gasteiger partial charge is 0.474 e. The highest BCUT2D eigenvalue weighted by Gasteiger charge is 2.59. The summed E-state index contributed by atoms with van der Waals surface area (Å²) >= 11 is 0. The molecular weight excluding hydrogens is 443 g/mol. The summed E-state index contributed by atoms with van der Waals surface area (Å²) in [5.74, 6) is 2.91. The number of pyridine rings is 2. The van der Waals surface area contributed by atoms with E-state index in [1.807, 2.05) is 12.3 Å². The summed E-state index contributed by atoms with van der Waals surface area (Å²) in [5, 5.41) is 7.62. The third-order valence-electron chi connectivity index (χ3n) is 9.13. The number of morpholine rings is 1. The van der Waals surface area contributed by atoms with E-state index in [2.05, 4.69) is 95.0 Å². The van der Waals surface area contributed by atoms with Crippen molar-refractivity contribution in [3.8, 4) is 5.88 Å². The molecule has 0 aromatic carbocycles. The van der Waals surface area contributed by atoms with Crippen LogP contribution in [0, 0.1) is 0 Å². The molecule has 0 radical (unpaired) electrons. The number of anilines is 1. The minimum absolute atomic E-state index is 0.105. The van der Waals surface area contributed by atoms with Crippen LogP contribution in [0.1, 0.15) is 37.4 Å². The van der Waals surface area contributed by atoms with Crippen molar-refractivity contribution in [3.05, 3.63) is 36.5 Å². The van der Waals surface area contributed by atoms with E-state index < -0.39 is 10.8 Å². The smallest absolute Gasteiger partial charge is 0.225 e. The van der Waals surface area contributed by atoms with Crippen molar-refractivity contribution in [2.45, 2.75) is 59.2 Å². The first-order valence-corrected chi connectivity index (χ1v) is 13.1. The number of nitrogens with zero attached hydrogens (tertiary/aromatic N) is 5. The normalized spacial score (nSPS) is 26.4. The minimum atomic E-state index is -0.410. The molecule has 178 valence electrons. The summed E-state index contributed by atoms with van der Waals surface area (Å²) in [6, 6.07) is 6.11. The summed E-state index contributed by atoms with van der Waals surface area (Å²) in [4.78, 5) is 15.5. The zero-order chi connectivity index (χ0) is 25.9. The van der Waals surface area contributed by atoms with Crippen LogP contribution in [-0.4, -0.2) is 115 Å². The van der Waals surface area contributed by atoms with Crippen molar-refractivity contribution in [3.63, 3.8) is 0 Å². The lowest BCUT2D eigenvalue weighted by Crippen LogP contribution is -2.86. The van der Waals surface area contributed by atoms with Crippen molar-refractivity contribution in [1.29, 1.82) is 0 Å². The van der Waals surface area contributed by atoms with Gasteiger partial charge in [-0.1, -0.05) is 0 Å². The third-order valence-corrected chi connectivity index (χ3v) is 9.13. The standard InChI is InChI=1S/C20H32B8N6O2/c21-17(22)19(25,26)36-20(27,28)18(23,24)34(17)14-8-13-12(2-1-7-29-13)16(32-14)35-11-5-3-10(4-6-11)15-30-9-31-33-15/h1-2,7-11H,3-6,21-28H2,(H,30,31,33). The maximum atomic E-state index is 6.69. The molecule has 36 heavy (non-hydrogen) atoms. The molecule has 0 unspecified atom stereocenters. The fourth-order valence-electron chi connectivity index (χ4n) is 5.96. The molecule has 1 aliphatic heterocycles. The number of aromatic nitrogens is 5. The first-order chi connectivity index (χ1) is 16.8. The number of H-pyrrole nitrogens is 1. The van der Waals surface area contributed by atoms with E-state index >= 15 is 0 Å². The van der Waals surface area contributed by atoms with Gasteiger partial charge in [-0.15, -0.1) is 10.2 Å². The predicted molar refractivity (Wildman–Crippen MR) is 164 cm³/mol. The van der Waals surface area contributed by atoms with Crippen molar-refractivity contribution in [2.75, 3.05) is 4.90 Å². The Kier molecular flexibility index (Phi) is 6.13. The van der Waals surface area contributed by atoms with E-state index in [-0.39, 0.29) is 16.8 Å². The molecule has 0 bridgehead atoms. The molecule has 0 amide bonds. The van der Waals surface area contributed by atoms with Crippen LogP contribution in [-0.2, 0) is 4.74 Å². The van der Waals surface area contributed by atoms with E-state index in [0.717, 1.165) is 48.2 Å². The van der Waals surface area contributed by atoms with E-state index in [4.69, 9.17) is 19.4 Å². The van der Waals surface area contributed by atoms with Gasteiger partial charge < -0.3 is 19.4 Å². The van der Waals surface area contributed by atoms with Gasteiger partial charge in [0.05, 0.1) is 10.9 Å². The highest BCUT2D eigenvalue weighted by Crippen LogP contribution is 2.44. The van der Waals surface area contributed by atoms with Gasteiger partial charge in [-0.25, -0.2) is 0 Å². The second-order valence-electron chi connectivity index (χ2n) is 12.4. The zero-order valence-electron chi connectivity index (χ0n) is 22.9. The van der Waals surface area contributed by atoms with Crippen LogP contribution in [0.25, 0.3) is 10.9 Å². The molecule has 1 saturated carbocycles. The van der Waals surface area contributed by atoms with Gasteiger partial charge in [-0.3, -0.25) is 4.98 Å². The molecule has 2 fully saturated rings. The molecule has 3 aromatic rings. The molecule has 8 nitrogen and oxygen atoms in total. The second-order valence-corrected chi connectivity index (χ2v) is 12.4. The van der Waals surface area contributed by atoms with Crippen LogP contribution in [0.4, 0.5) is 5.82 Å². The maximum absolute atomic E-state index is 6.69. The first-order valence-electron chi connectivity index (χ1n) is 13.1. The van der Waals surface area contributed by atoms with E-state index in [1.165, 1.54) is 0 Å². The molecule has 4 heterocycles. The summed E-state index contributed by atoms with van der Waals surface area (Å²) in [6.07, 6.45) is 7.53. The van der Waals surface area contributed by atoms with Crippen LogP contribution in [0.3, 0.4) is 0 Å². The first kappa shape index (κ1) is 25.4. The summed E-state index contributed by atoms with van der Waals surface area (Å²) in [5.41, 5.74) is 0.890. The Morgan fingerprint density at radius 1 is 0.972 bits per heavy atom. The van der Waals surface area contributed by atoms with Crippen molar-refractivity contribution in [2.24, 2.45) is 0 Å². The number of rotatable bonds is 4. The Hall–Kier alpha value is -2.22. The number of nitrogens with one attached hydrogen (secondary N) is 1. The van der Waals surface area contributed by atoms with Crippen molar-refractivity contribution >= 4 is 79.5 Å². The van der Waals surface area contributed by atoms with E-state index in [1.54, 1.807) is 6.33 Å². The molecule has 3 aromatic heterocycles. The lowest BCUT2D eigenvalue weighted by atomic mass is 9.30. The van der Waals surface area contributed by atoms with Gasteiger partial charge in [0.15, 0.2) is 0 Å². The molecular formula is C20H32B8N6O2. The van der Waals surface area contributed by atoms with Gasteiger partial charge in [-0.2, -0.15) is 4.98 Å². The Labute approximate surface area is 220 Å². The van der Waals surface area contributed by atoms with Gasteiger partial charge in [0, 0.05) is 29.0 Å². The summed E-state index contributed by atoms with van der Waals surface area (Å²) in [6.45, 7) is 0. The number of ether oxygens (including phenoxy) is 2. The van der Waals surface area contributed by atoms with Crippen LogP contribution in [0.5, 0.6) is 5.88 Å². The second kappa shape index (κ2) is 8.67. The van der Waals surface area contributed by atoms with Gasteiger partial charge in [0.2, 0.25) is 5.88 Å². The highest BCUT2D eigenvalue weighted by atomic mass is 16.5. The molecule has 1 N–H and O–H groups in total. The van der Waals surface area contributed by atoms with Crippen LogP contribution < -0.4 is 9.64 Å². The van der Waals surface area contributed by atoms with Crippen LogP contribution in [0.2, 0.25) is 0 Å². The average Bonchev–Trinajstić information content (AvgIpc) is 3.33. The predicted octanol–water partition coefficient (Wildman–Crippen LogP) is -5.63. The SMILES string of the molecule is BC1(B)OC(B)(B)C(B)(B)N(c2cc3ncccc3c(OC3CCC(c4nnc[nH]4)CC3)n2)C1(B)B. The molecule has 5 rings (SSSR count). The fourth-order valence-corrected chi connectivity index (χ4v) is 5.96. The number of fused-ring (bicyclic) bond motifs is 1. The highest BCUT2D eigenvalue weighted by molar-refractivity contribution is 6.61. The topological polar surface area (TPSA) is 89.0 Å². The Morgan fingerprint density at radius 3 is 2.25 bits per heavy atom. The molecule has 0 spiro atoms. The molecule has 16 heteroatoms. The monoisotopic (exact) mass is 476 g/mol. The zero-order valence-corrected chi connectivity index (χ0v) is 22.9. The molecule has 1 saturated heterocycles. The third kappa shape index (κ3) is 4.09. The Bertz CT molecular complexity index is 1220. The minimum Gasteiger partial charge on any atom is -0.474 e. The average molecular weight is 475 g/mol. The van der Waals surface area contributed by atoms with Crippen LogP contribution in [0.15, 0.2) is 30.7 Å². The lowest BCUT2D eigenvalue weighted by molar-refractivity contribution is -0.0257. The van der Waals surface area contributed by atoms with E-state index in [0.29, 0.717) is 11.8 Å². The molecule has 1 aliphatic carbocycles. The maximum Gasteiger partial charge on any atom is 0.225 e. The molecule has 2 aliphatic rings. The lowest BCUT2D eigenvalue weighted by Gasteiger charge is -2.69. The fraction of sp³-hybridized carbons (Fsp3) is 0.500. The Balaban J connectivity index is 1.51. The summed E-state index contributed by atoms with van der Waals surface area (Å²) in [7, 11) is 17.6. The van der Waals surface area contributed by atoms with Crippen molar-refractivity contribution < 1.29 is 9.47 Å². The number of aromatic amines is 1. The Morgan fingerprint density at radius 2 is 1.64 bits per heavy atom. The van der Waals surface area contributed by atoms with Gasteiger partial charge in [0.25, 0.3) is 0 Å². The summed E-state index contributed by atoms with van der Waals surface area (Å²) < 4.78 is 13.3. The number of hydrogen-bond acceptors (Lipinski definition) is 7. The van der Waals surface area contributed by atoms with Gasteiger partial charge >= 0.3 is 0 Å². The molecule has 0 atom stereocenters. The van der Waals surface area contributed by atoms with Crippen LogP contribution >= 0.6 is 0 Å². The van der Waals surface area contributed by atoms with Gasteiger partial charge in [0.1, 0.15) is 86.8 Å². The van der Waals surface area contributed by atoms with Gasteiger partial charge in [-0.05, 0) is 48.5 Å². The number of hydrogen-bond donors (Lipinski definition) is 1. The van der Waals surface area contributed by atoms with E-state index in [9.17, 15) is 0 Å². The van der Waals surface area contributed by atoms with Crippen molar-refractivity contribution in [1.82, 2.24) is 25.1 Å². The quantitative estimate of drug-likeness (QED) is 0.377.